The predicted octanol–water partition coefficient (Wildman–Crippen LogP) is 5.13. The lowest BCUT2D eigenvalue weighted by Gasteiger charge is -2.05. The van der Waals surface area contributed by atoms with E-state index in [-0.39, 0.29) is 5.91 Å². The second-order valence-corrected chi connectivity index (χ2v) is 7.25. The van der Waals surface area contributed by atoms with Crippen molar-refractivity contribution in [2.45, 2.75) is 20.8 Å². The van der Waals surface area contributed by atoms with E-state index in [1.54, 1.807) is 25.2 Å². The van der Waals surface area contributed by atoms with Gasteiger partial charge >= 0.3 is 0 Å². The number of carbonyl (C=O) groups excluding carboxylic acids is 1. The van der Waals surface area contributed by atoms with Gasteiger partial charge in [0.2, 0.25) is 0 Å². The van der Waals surface area contributed by atoms with E-state index in [2.05, 4.69) is 34.5 Å². The zero-order chi connectivity index (χ0) is 18.3. The number of fused-ring (bicyclic) bond motifs is 1. The van der Waals surface area contributed by atoms with Crippen LogP contribution in [0.25, 0.3) is 20.8 Å². The molecule has 0 saturated carbocycles. The summed E-state index contributed by atoms with van der Waals surface area (Å²) in [5, 5.41) is 7.67. The molecule has 0 unspecified atom stereocenters. The van der Waals surface area contributed by atoms with Gasteiger partial charge in [-0.05, 0) is 62.7 Å². The number of anilines is 1. The van der Waals surface area contributed by atoms with Gasteiger partial charge in [-0.25, -0.2) is 4.98 Å². The van der Waals surface area contributed by atoms with Gasteiger partial charge in [-0.3, -0.25) is 4.79 Å². The minimum absolute atomic E-state index is 0.218. The molecule has 0 saturated heterocycles. The first-order chi connectivity index (χ1) is 12.5. The zero-order valence-electron chi connectivity index (χ0n) is 14.7. The largest absolute Gasteiger partial charge is 0.361 e. The molecule has 4 rings (SSSR count). The van der Waals surface area contributed by atoms with Crippen LogP contribution < -0.4 is 5.32 Å². The summed E-state index contributed by atoms with van der Waals surface area (Å²) in [6.45, 7) is 5.56. The molecule has 5 nitrogen and oxygen atoms in total. The molecule has 6 heteroatoms. The van der Waals surface area contributed by atoms with Crippen LogP contribution in [0, 0.1) is 20.8 Å². The van der Waals surface area contributed by atoms with Gasteiger partial charge in [0.1, 0.15) is 16.3 Å². The van der Waals surface area contributed by atoms with E-state index in [0.29, 0.717) is 17.0 Å². The third-order valence-electron chi connectivity index (χ3n) is 4.19. The topological polar surface area (TPSA) is 68.0 Å². The van der Waals surface area contributed by atoms with Crippen molar-refractivity contribution in [1.82, 2.24) is 10.1 Å². The Morgan fingerprint density at radius 1 is 1.08 bits per heavy atom. The quantitative estimate of drug-likeness (QED) is 0.548. The number of nitrogens with zero attached hydrogens (tertiary/aromatic N) is 2. The van der Waals surface area contributed by atoms with Crippen molar-refractivity contribution < 1.29 is 9.32 Å². The van der Waals surface area contributed by atoms with E-state index in [4.69, 9.17) is 4.52 Å². The molecular formula is C20H17N3O2S. The van der Waals surface area contributed by atoms with E-state index in [1.807, 2.05) is 30.3 Å². The zero-order valence-corrected chi connectivity index (χ0v) is 15.5. The summed E-state index contributed by atoms with van der Waals surface area (Å²) in [6.07, 6.45) is 0. The molecule has 1 N–H and O–H groups in total. The Kier molecular flexibility index (Phi) is 4.05. The average molecular weight is 363 g/mol. The predicted molar refractivity (Wildman–Crippen MR) is 104 cm³/mol. The molecule has 2 aromatic carbocycles. The number of rotatable bonds is 3. The van der Waals surface area contributed by atoms with Crippen LogP contribution in [-0.4, -0.2) is 16.0 Å². The van der Waals surface area contributed by atoms with Crippen molar-refractivity contribution in [2.75, 3.05) is 5.32 Å². The van der Waals surface area contributed by atoms with E-state index in [9.17, 15) is 4.79 Å². The minimum Gasteiger partial charge on any atom is -0.361 e. The van der Waals surface area contributed by atoms with Crippen molar-refractivity contribution in [3.63, 3.8) is 0 Å². The number of aromatic nitrogens is 2. The summed E-state index contributed by atoms with van der Waals surface area (Å²) >= 11 is 1.67. The Morgan fingerprint density at radius 3 is 2.54 bits per heavy atom. The lowest BCUT2D eigenvalue weighted by Crippen LogP contribution is -2.13. The third kappa shape index (κ3) is 2.99. The normalized spacial score (nSPS) is 11.0. The van der Waals surface area contributed by atoms with Gasteiger partial charge in [0.05, 0.1) is 15.9 Å². The molecule has 4 aromatic rings. The second-order valence-electron chi connectivity index (χ2n) is 6.22. The summed E-state index contributed by atoms with van der Waals surface area (Å²) in [4.78, 5) is 17.1. The van der Waals surface area contributed by atoms with Crippen LogP contribution in [-0.2, 0) is 0 Å². The second kappa shape index (κ2) is 6.38. The Hall–Kier alpha value is -2.99. The molecule has 2 heterocycles. The number of amides is 1. The first kappa shape index (κ1) is 16.5. The van der Waals surface area contributed by atoms with E-state index in [1.165, 1.54) is 10.3 Å². The van der Waals surface area contributed by atoms with Crippen molar-refractivity contribution in [1.29, 1.82) is 0 Å². The highest BCUT2D eigenvalue weighted by Gasteiger charge is 2.17. The van der Waals surface area contributed by atoms with Gasteiger partial charge in [0, 0.05) is 11.3 Å². The molecule has 0 aliphatic carbocycles. The van der Waals surface area contributed by atoms with Crippen LogP contribution in [0.5, 0.6) is 0 Å². The van der Waals surface area contributed by atoms with Crippen molar-refractivity contribution >= 4 is 33.1 Å². The monoisotopic (exact) mass is 363 g/mol. The molecule has 0 atom stereocenters. The van der Waals surface area contributed by atoms with Crippen LogP contribution in [0.2, 0.25) is 0 Å². The van der Waals surface area contributed by atoms with E-state index >= 15 is 0 Å². The van der Waals surface area contributed by atoms with Crippen molar-refractivity contribution in [2.24, 2.45) is 0 Å². The minimum atomic E-state index is -0.218. The Labute approximate surface area is 154 Å². The number of hydrogen-bond acceptors (Lipinski definition) is 5. The maximum absolute atomic E-state index is 12.4. The number of hydrogen-bond donors (Lipinski definition) is 1. The highest BCUT2D eigenvalue weighted by molar-refractivity contribution is 7.21. The Morgan fingerprint density at radius 2 is 1.85 bits per heavy atom. The highest BCUT2D eigenvalue weighted by atomic mass is 32.1. The molecule has 0 spiro atoms. The lowest BCUT2D eigenvalue weighted by atomic mass is 10.1. The summed E-state index contributed by atoms with van der Waals surface area (Å²) < 4.78 is 6.23. The van der Waals surface area contributed by atoms with Crippen LogP contribution in [0.1, 0.15) is 27.4 Å². The standard InChI is InChI=1S/C20H17N3O2S/c1-11-4-9-16-17(10-11)26-20(22-16)14-5-7-15(8-6-14)21-19(24)18-12(2)23-25-13(18)3/h4-10H,1-3H3,(H,21,24). The van der Waals surface area contributed by atoms with Gasteiger partial charge in [0.25, 0.3) is 5.91 Å². The summed E-state index contributed by atoms with van der Waals surface area (Å²) in [7, 11) is 0. The van der Waals surface area contributed by atoms with E-state index < -0.39 is 0 Å². The fraction of sp³-hybridized carbons (Fsp3) is 0.150. The van der Waals surface area contributed by atoms with Gasteiger partial charge in [0.15, 0.2) is 0 Å². The Bertz CT molecular complexity index is 1090. The molecule has 26 heavy (non-hydrogen) atoms. The maximum atomic E-state index is 12.4. The third-order valence-corrected chi connectivity index (χ3v) is 5.26. The van der Waals surface area contributed by atoms with Gasteiger partial charge in [-0.2, -0.15) is 0 Å². The maximum Gasteiger partial charge on any atom is 0.261 e. The molecule has 2 aromatic heterocycles. The van der Waals surface area contributed by atoms with Crippen LogP contribution in [0.4, 0.5) is 5.69 Å². The number of nitrogens with one attached hydrogen (secondary N) is 1. The van der Waals surface area contributed by atoms with Crippen molar-refractivity contribution in [3.8, 4) is 10.6 Å². The average Bonchev–Trinajstić information content (AvgIpc) is 3.18. The lowest BCUT2D eigenvalue weighted by molar-refractivity contribution is 0.102. The SMILES string of the molecule is Cc1ccc2nc(-c3ccc(NC(=O)c4c(C)noc4C)cc3)sc2c1. The molecule has 0 aliphatic heterocycles. The molecule has 0 radical (unpaired) electrons. The molecule has 0 bridgehead atoms. The van der Waals surface area contributed by atoms with Gasteiger partial charge < -0.3 is 9.84 Å². The fourth-order valence-corrected chi connectivity index (χ4v) is 3.92. The molecule has 130 valence electrons. The van der Waals surface area contributed by atoms with Gasteiger partial charge in [-0.1, -0.05) is 11.2 Å². The molecule has 0 fully saturated rings. The number of benzene rings is 2. The highest BCUT2D eigenvalue weighted by Crippen LogP contribution is 2.31. The smallest absolute Gasteiger partial charge is 0.261 e. The molecule has 1 amide bonds. The Balaban J connectivity index is 1.57. The summed E-state index contributed by atoms with van der Waals surface area (Å²) in [5.41, 5.74) is 5.04. The molecule has 0 aliphatic rings. The number of carbonyl (C=O) groups is 1. The first-order valence-corrected chi connectivity index (χ1v) is 9.05. The van der Waals surface area contributed by atoms with Crippen LogP contribution in [0.3, 0.4) is 0 Å². The van der Waals surface area contributed by atoms with Crippen molar-refractivity contribution in [3.05, 3.63) is 65.0 Å². The number of thiazole rings is 1. The van der Waals surface area contributed by atoms with E-state index in [0.717, 1.165) is 21.8 Å². The number of aryl methyl sites for hydroxylation is 3. The summed E-state index contributed by atoms with van der Waals surface area (Å²) in [5.74, 6) is 0.297. The van der Waals surface area contributed by atoms with Crippen LogP contribution >= 0.6 is 11.3 Å². The first-order valence-electron chi connectivity index (χ1n) is 8.23. The molecular weight excluding hydrogens is 346 g/mol. The summed E-state index contributed by atoms with van der Waals surface area (Å²) in [6, 6.07) is 13.9. The van der Waals surface area contributed by atoms with Crippen LogP contribution in [0.15, 0.2) is 47.0 Å². The van der Waals surface area contributed by atoms with Gasteiger partial charge in [-0.15, -0.1) is 11.3 Å². The fourth-order valence-electron chi connectivity index (χ4n) is 2.85.